The highest BCUT2D eigenvalue weighted by Gasteiger charge is 2.09. The summed E-state index contributed by atoms with van der Waals surface area (Å²) in [5, 5.41) is 0. The van der Waals surface area contributed by atoms with Gasteiger partial charge >= 0.3 is 0 Å². The van der Waals surface area contributed by atoms with Crippen molar-refractivity contribution in [2.24, 2.45) is 5.73 Å². The maximum Gasteiger partial charge on any atom is 0.248 e. The standard InChI is InChI=1S/C11H10FN3O/c1-7-14-4-5-15(7)10-3-2-8(11(13)16)6-9(10)12/h2-6H,1H3,(H2,13,16). The van der Waals surface area contributed by atoms with Crippen molar-refractivity contribution in [2.45, 2.75) is 6.92 Å². The SMILES string of the molecule is Cc1nccn1-c1ccc(C(N)=O)cc1F. The van der Waals surface area contributed by atoms with Gasteiger partial charge in [0.05, 0.1) is 5.69 Å². The number of hydrogen-bond donors (Lipinski definition) is 1. The van der Waals surface area contributed by atoms with Crippen LogP contribution in [-0.4, -0.2) is 15.5 Å². The lowest BCUT2D eigenvalue weighted by Gasteiger charge is -2.07. The Balaban J connectivity index is 2.52. The van der Waals surface area contributed by atoms with Crippen LogP contribution in [0.1, 0.15) is 16.2 Å². The number of amides is 1. The number of benzene rings is 1. The van der Waals surface area contributed by atoms with Gasteiger partial charge in [0.2, 0.25) is 5.91 Å². The molecule has 5 heteroatoms. The Hall–Kier alpha value is -2.17. The van der Waals surface area contributed by atoms with Gasteiger partial charge in [0.1, 0.15) is 11.6 Å². The average molecular weight is 219 g/mol. The lowest BCUT2D eigenvalue weighted by molar-refractivity contribution is 0.1000. The molecular formula is C11H10FN3O. The molecule has 0 spiro atoms. The van der Waals surface area contributed by atoms with Crippen LogP contribution in [0, 0.1) is 12.7 Å². The van der Waals surface area contributed by atoms with Crippen LogP contribution in [0.5, 0.6) is 0 Å². The summed E-state index contributed by atoms with van der Waals surface area (Å²) in [6.07, 6.45) is 3.23. The van der Waals surface area contributed by atoms with Crippen molar-refractivity contribution in [1.82, 2.24) is 9.55 Å². The molecule has 0 aliphatic heterocycles. The largest absolute Gasteiger partial charge is 0.366 e. The van der Waals surface area contributed by atoms with Gasteiger partial charge in [-0.05, 0) is 25.1 Å². The summed E-state index contributed by atoms with van der Waals surface area (Å²) in [5.41, 5.74) is 5.56. The molecule has 2 rings (SSSR count). The lowest BCUT2D eigenvalue weighted by atomic mass is 10.2. The number of nitrogens with zero attached hydrogens (tertiary/aromatic N) is 2. The van der Waals surface area contributed by atoms with Gasteiger partial charge < -0.3 is 10.3 Å². The molecule has 1 aromatic carbocycles. The first-order chi connectivity index (χ1) is 7.59. The molecule has 1 aromatic heterocycles. The number of carbonyl (C=O) groups excluding carboxylic acids is 1. The van der Waals surface area contributed by atoms with Gasteiger partial charge in [0.25, 0.3) is 0 Å². The van der Waals surface area contributed by atoms with E-state index >= 15 is 0 Å². The summed E-state index contributed by atoms with van der Waals surface area (Å²) in [6, 6.07) is 4.11. The smallest absolute Gasteiger partial charge is 0.248 e. The predicted molar refractivity (Wildman–Crippen MR) is 56.8 cm³/mol. The Morgan fingerprint density at radius 1 is 1.50 bits per heavy atom. The Morgan fingerprint density at radius 3 is 2.75 bits per heavy atom. The first-order valence-corrected chi connectivity index (χ1v) is 4.69. The summed E-state index contributed by atoms with van der Waals surface area (Å²) >= 11 is 0. The predicted octanol–water partition coefficient (Wildman–Crippen LogP) is 1.42. The maximum atomic E-state index is 13.7. The van der Waals surface area contributed by atoms with Gasteiger partial charge in [0, 0.05) is 18.0 Å². The Bertz CT molecular complexity index is 548. The van der Waals surface area contributed by atoms with E-state index in [0.717, 1.165) is 6.07 Å². The molecule has 82 valence electrons. The van der Waals surface area contributed by atoms with Crippen LogP contribution in [0.3, 0.4) is 0 Å². The molecule has 2 N–H and O–H groups in total. The number of hydrogen-bond acceptors (Lipinski definition) is 2. The molecule has 2 aromatic rings. The zero-order chi connectivity index (χ0) is 11.7. The average Bonchev–Trinajstić information content (AvgIpc) is 2.64. The number of nitrogens with two attached hydrogens (primary N) is 1. The molecule has 1 amide bonds. The number of imidazole rings is 1. The van der Waals surface area contributed by atoms with E-state index in [2.05, 4.69) is 4.98 Å². The van der Waals surface area contributed by atoms with E-state index in [-0.39, 0.29) is 5.56 Å². The molecule has 0 aliphatic rings. The summed E-state index contributed by atoms with van der Waals surface area (Å²) in [4.78, 5) is 14.9. The number of halogens is 1. The molecule has 0 bridgehead atoms. The second-order valence-electron chi connectivity index (χ2n) is 3.37. The molecule has 0 fully saturated rings. The zero-order valence-corrected chi connectivity index (χ0v) is 8.64. The van der Waals surface area contributed by atoms with Gasteiger partial charge in [-0.3, -0.25) is 4.79 Å². The molecule has 0 saturated carbocycles. The maximum absolute atomic E-state index is 13.7. The fraction of sp³-hybridized carbons (Fsp3) is 0.0909. The van der Waals surface area contributed by atoms with Gasteiger partial charge in [-0.1, -0.05) is 0 Å². The number of aryl methyl sites for hydroxylation is 1. The minimum atomic E-state index is -0.646. The Morgan fingerprint density at radius 2 is 2.25 bits per heavy atom. The number of carbonyl (C=O) groups is 1. The van der Waals surface area contributed by atoms with Crippen LogP contribution >= 0.6 is 0 Å². The topological polar surface area (TPSA) is 60.9 Å². The van der Waals surface area contributed by atoms with E-state index in [4.69, 9.17) is 5.73 Å². The summed E-state index contributed by atoms with van der Waals surface area (Å²) < 4.78 is 15.3. The van der Waals surface area contributed by atoms with Gasteiger partial charge in [0.15, 0.2) is 0 Å². The summed E-state index contributed by atoms with van der Waals surface area (Å²) in [6.45, 7) is 1.77. The molecule has 0 radical (unpaired) electrons. The van der Waals surface area contributed by atoms with Crippen molar-refractivity contribution in [3.05, 3.63) is 47.8 Å². The highest BCUT2D eigenvalue weighted by Crippen LogP contribution is 2.16. The number of aromatic nitrogens is 2. The molecule has 0 unspecified atom stereocenters. The quantitative estimate of drug-likeness (QED) is 0.830. The van der Waals surface area contributed by atoms with E-state index < -0.39 is 11.7 Å². The third-order valence-electron chi connectivity index (χ3n) is 2.32. The van der Waals surface area contributed by atoms with Crippen molar-refractivity contribution in [3.63, 3.8) is 0 Å². The second-order valence-corrected chi connectivity index (χ2v) is 3.37. The van der Waals surface area contributed by atoms with Crippen molar-refractivity contribution < 1.29 is 9.18 Å². The van der Waals surface area contributed by atoms with E-state index in [1.165, 1.54) is 12.1 Å². The van der Waals surface area contributed by atoms with E-state index in [1.807, 2.05) is 0 Å². The molecule has 4 nitrogen and oxygen atoms in total. The molecule has 0 atom stereocenters. The minimum Gasteiger partial charge on any atom is -0.366 e. The first kappa shape index (κ1) is 10.4. The first-order valence-electron chi connectivity index (χ1n) is 4.69. The lowest BCUT2D eigenvalue weighted by Crippen LogP contribution is -2.11. The fourth-order valence-corrected chi connectivity index (χ4v) is 1.49. The molecule has 0 saturated heterocycles. The molecule has 16 heavy (non-hydrogen) atoms. The van der Waals surface area contributed by atoms with Gasteiger partial charge in [-0.2, -0.15) is 0 Å². The number of rotatable bonds is 2. The molecule has 0 aliphatic carbocycles. The van der Waals surface area contributed by atoms with Crippen LogP contribution in [0.4, 0.5) is 4.39 Å². The highest BCUT2D eigenvalue weighted by atomic mass is 19.1. The van der Waals surface area contributed by atoms with Crippen LogP contribution in [0.15, 0.2) is 30.6 Å². The Labute approximate surface area is 91.5 Å². The van der Waals surface area contributed by atoms with Crippen LogP contribution in [-0.2, 0) is 0 Å². The fourth-order valence-electron chi connectivity index (χ4n) is 1.49. The third-order valence-corrected chi connectivity index (χ3v) is 2.32. The monoisotopic (exact) mass is 219 g/mol. The van der Waals surface area contributed by atoms with Crippen LogP contribution in [0.2, 0.25) is 0 Å². The summed E-state index contributed by atoms with van der Waals surface area (Å²) in [7, 11) is 0. The summed E-state index contributed by atoms with van der Waals surface area (Å²) in [5.74, 6) is -0.476. The van der Waals surface area contributed by atoms with Crippen LogP contribution < -0.4 is 5.73 Å². The normalized spacial score (nSPS) is 10.4. The molecule has 1 heterocycles. The third kappa shape index (κ3) is 1.67. The van der Waals surface area contributed by atoms with Crippen molar-refractivity contribution >= 4 is 5.91 Å². The second kappa shape index (κ2) is 3.77. The van der Waals surface area contributed by atoms with Gasteiger partial charge in [-0.15, -0.1) is 0 Å². The van der Waals surface area contributed by atoms with Crippen molar-refractivity contribution in [3.8, 4) is 5.69 Å². The van der Waals surface area contributed by atoms with Crippen molar-refractivity contribution in [2.75, 3.05) is 0 Å². The zero-order valence-electron chi connectivity index (χ0n) is 8.64. The molecular weight excluding hydrogens is 209 g/mol. The van der Waals surface area contributed by atoms with E-state index in [1.54, 1.807) is 23.9 Å². The van der Waals surface area contributed by atoms with Crippen LogP contribution in [0.25, 0.3) is 5.69 Å². The minimum absolute atomic E-state index is 0.152. The van der Waals surface area contributed by atoms with E-state index in [0.29, 0.717) is 11.5 Å². The van der Waals surface area contributed by atoms with E-state index in [9.17, 15) is 9.18 Å². The number of primary amides is 1. The van der Waals surface area contributed by atoms with Crippen molar-refractivity contribution in [1.29, 1.82) is 0 Å². The van der Waals surface area contributed by atoms with Gasteiger partial charge in [-0.25, -0.2) is 9.37 Å². The highest BCUT2D eigenvalue weighted by molar-refractivity contribution is 5.92. The Kier molecular flexibility index (Phi) is 2.44.